The monoisotopic (exact) mass is 230 g/mol. The summed E-state index contributed by atoms with van der Waals surface area (Å²) in [6, 6.07) is 4.17. The van der Waals surface area contributed by atoms with Crippen molar-refractivity contribution in [3.8, 4) is 0 Å². The molecule has 0 amide bonds. The second-order valence-electron chi connectivity index (χ2n) is 3.55. The number of halogens is 2. The van der Waals surface area contributed by atoms with Crippen LogP contribution >= 0.6 is 23.2 Å². The second-order valence-corrected chi connectivity index (χ2v) is 4.36. The number of hydrogen-bond acceptors (Lipinski definition) is 2. The van der Waals surface area contributed by atoms with E-state index in [4.69, 9.17) is 28.9 Å². The molecule has 0 spiro atoms. The zero-order valence-corrected chi connectivity index (χ0v) is 9.20. The summed E-state index contributed by atoms with van der Waals surface area (Å²) in [6.07, 6.45) is 2.33. The maximum Gasteiger partial charge on any atom is 0.0693 e. The molecule has 1 fully saturated rings. The molecule has 1 atom stereocenters. The fourth-order valence-corrected chi connectivity index (χ4v) is 2.28. The molecule has 4 heteroatoms. The molecule has 0 radical (unpaired) electrons. The first-order valence-corrected chi connectivity index (χ1v) is 5.42. The Morgan fingerprint density at radius 2 is 1.93 bits per heavy atom. The van der Waals surface area contributed by atoms with E-state index in [2.05, 4.69) is 5.32 Å². The Kier molecular flexibility index (Phi) is 2.86. The molecular formula is C10H12Cl2N2. The number of anilines is 1. The van der Waals surface area contributed by atoms with Crippen molar-refractivity contribution in [1.29, 1.82) is 0 Å². The van der Waals surface area contributed by atoms with Gasteiger partial charge in [-0.2, -0.15) is 0 Å². The molecule has 0 aliphatic carbocycles. The minimum absolute atomic E-state index is 0.380. The van der Waals surface area contributed by atoms with Gasteiger partial charge in [0.15, 0.2) is 0 Å². The number of nitrogens with two attached hydrogens (primary N) is 1. The van der Waals surface area contributed by atoms with Gasteiger partial charge in [0.05, 0.1) is 15.7 Å². The molecule has 3 N–H and O–H groups in total. The predicted octanol–water partition coefficient (Wildman–Crippen LogP) is 3.00. The van der Waals surface area contributed by atoms with Crippen LogP contribution in [0.3, 0.4) is 0 Å². The molecule has 0 unspecified atom stereocenters. The zero-order valence-electron chi connectivity index (χ0n) is 7.69. The molecule has 0 aromatic heterocycles. The first-order chi connectivity index (χ1) is 6.68. The van der Waals surface area contributed by atoms with Crippen molar-refractivity contribution in [3.05, 3.63) is 27.7 Å². The van der Waals surface area contributed by atoms with Crippen LogP contribution in [0.1, 0.15) is 24.4 Å². The van der Waals surface area contributed by atoms with Gasteiger partial charge in [-0.1, -0.05) is 23.2 Å². The number of nitrogen functional groups attached to an aromatic ring is 1. The number of benzene rings is 1. The highest BCUT2D eigenvalue weighted by Gasteiger charge is 2.17. The van der Waals surface area contributed by atoms with Crippen molar-refractivity contribution in [2.24, 2.45) is 0 Å². The summed E-state index contributed by atoms with van der Waals surface area (Å²) in [7, 11) is 0. The standard InChI is InChI=1S/C10H12Cl2N2/c11-7-4-6(5-8(12)10(7)13)9-2-1-3-14-9/h4-5,9,14H,1-3,13H2/t9-/m1/s1. The van der Waals surface area contributed by atoms with E-state index in [1.807, 2.05) is 12.1 Å². The zero-order chi connectivity index (χ0) is 10.1. The highest BCUT2D eigenvalue weighted by Crippen LogP contribution is 2.33. The van der Waals surface area contributed by atoms with E-state index in [0.29, 0.717) is 21.8 Å². The highest BCUT2D eigenvalue weighted by atomic mass is 35.5. The largest absolute Gasteiger partial charge is 0.396 e. The smallest absolute Gasteiger partial charge is 0.0693 e. The Morgan fingerprint density at radius 1 is 1.29 bits per heavy atom. The van der Waals surface area contributed by atoms with Crippen LogP contribution in [0.25, 0.3) is 0 Å². The van der Waals surface area contributed by atoms with Gasteiger partial charge in [0.1, 0.15) is 0 Å². The Morgan fingerprint density at radius 3 is 2.43 bits per heavy atom. The van der Waals surface area contributed by atoms with Crippen LogP contribution in [0, 0.1) is 0 Å². The SMILES string of the molecule is Nc1c(Cl)cc([C@H]2CCCN2)cc1Cl. The summed E-state index contributed by atoms with van der Waals surface area (Å²) in [5.41, 5.74) is 7.26. The van der Waals surface area contributed by atoms with Gasteiger partial charge in [0.2, 0.25) is 0 Å². The molecule has 2 nitrogen and oxygen atoms in total. The van der Waals surface area contributed by atoms with Gasteiger partial charge in [-0.05, 0) is 37.1 Å². The Bertz CT molecular complexity index is 323. The molecular weight excluding hydrogens is 219 g/mol. The van der Waals surface area contributed by atoms with Gasteiger partial charge >= 0.3 is 0 Å². The predicted molar refractivity (Wildman–Crippen MR) is 60.9 cm³/mol. The molecule has 1 aromatic rings. The van der Waals surface area contributed by atoms with Crippen molar-refractivity contribution >= 4 is 28.9 Å². The van der Waals surface area contributed by atoms with Crippen molar-refractivity contribution in [2.45, 2.75) is 18.9 Å². The lowest BCUT2D eigenvalue weighted by molar-refractivity contribution is 0.648. The van der Waals surface area contributed by atoms with E-state index in [1.165, 1.54) is 6.42 Å². The number of nitrogens with one attached hydrogen (secondary N) is 1. The van der Waals surface area contributed by atoms with Crippen molar-refractivity contribution in [3.63, 3.8) is 0 Å². The first-order valence-electron chi connectivity index (χ1n) is 4.66. The molecule has 0 saturated carbocycles. The average molecular weight is 231 g/mol. The molecule has 1 heterocycles. The first kappa shape index (κ1) is 10.1. The average Bonchev–Trinajstić information content (AvgIpc) is 2.66. The van der Waals surface area contributed by atoms with Crippen LogP contribution in [0.4, 0.5) is 5.69 Å². The fraction of sp³-hybridized carbons (Fsp3) is 0.400. The van der Waals surface area contributed by atoms with Crippen LogP contribution < -0.4 is 11.1 Å². The van der Waals surface area contributed by atoms with Crippen molar-refractivity contribution in [2.75, 3.05) is 12.3 Å². The lowest BCUT2D eigenvalue weighted by atomic mass is 10.1. The molecule has 0 bridgehead atoms. The van der Waals surface area contributed by atoms with Gasteiger partial charge in [0, 0.05) is 6.04 Å². The maximum absolute atomic E-state index is 5.96. The van der Waals surface area contributed by atoms with Gasteiger partial charge < -0.3 is 11.1 Å². The summed E-state index contributed by atoms with van der Waals surface area (Å²) in [5, 5.41) is 4.47. The van der Waals surface area contributed by atoms with Gasteiger partial charge in [0.25, 0.3) is 0 Å². The Hall–Kier alpha value is -0.440. The van der Waals surface area contributed by atoms with E-state index in [1.54, 1.807) is 0 Å². The lowest BCUT2D eigenvalue weighted by Gasteiger charge is -2.12. The molecule has 14 heavy (non-hydrogen) atoms. The highest BCUT2D eigenvalue weighted by molar-refractivity contribution is 6.38. The normalized spacial score (nSPS) is 21.4. The summed E-state index contributed by atoms with van der Waals surface area (Å²) in [6.45, 7) is 1.06. The summed E-state index contributed by atoms with van der Waals surface area (Å²) >= 11 is 11.9. The number of rotatable bonds is 1. The molecule has 2 rings (SSSR count). The maximum atomic E-state index is 5.96. The van der Waals surface area contributed by atoms with Gasteiger partial charge in [-0.3, -0.25) is 0 Å². The Labute approximate surface area is 93.4 Å². The van der Waals surface area contributed by atoms with Crippen LogP contribution in [-0.4, -0.2) is 6.54 Å². The van der Waals surface area contributed by atoms with E-state index in [0.717, 1.165) is 18.5 Å². The topological polar surface area (TPSA) is 38.0 Å². The van der Waals surface area contributed by atoms with E-state index >= 15 is 0 Å². The van der Waals surface area contributed by atoms with Crippen LogP contribution in [0.5, 0.6) is 0 Å². The van der Waals surface area contributed by atoms with Crippen LogP contribution in [-0.2, 0) is 0 Å². The van der Waals surface area contributed by atoms with E-state index < -0.39 is 0 Å². The van der Waals surface area contributed by atoms with E-state index in [-0.39, 0.29) is 0 Å². The van der Waals surface area contributed by atoms with Crippen molar-refractivity contribution < 1.29 is 0 Å². The molecule has 1 aromatic carbocycles. The van der Waals surface area contributed by atoms with E-state index in [9.17, 15) is 0 Å². The molecule has 76 valence electrons. The second kappa shape index (κ2) is 3.97. The third-order valence-electron chi connectivity index (χ3n) is 2.56. The molecule has 1 aliphatic rings. The quantitative estimate of drug-likeness (QED) is 0.729. The molecule has 1 aliphatic heterocycles. The minimum atomic E-state index is 0.380. The van der Waals surface area contributed by atoms with Crippen LogP contribution in [0.2, 0.25) is 10.0 Å². The summed E-state index contributed by atoms with van der Waals surface area (Å²) < 4.78 is 0. The third-order valence-corrected chi connectivity index (χ3v) is 3.19. The van der Waals surface area contributed by atoms with Gasteiger partial charge in [-0.15, -0.1) is 0 Å². The third kappa shape index (κ3) is 1.83. The fourth-order valence-electron chi connectivity index (χ4n) is 1.77. The van der Waals surface area contributed by atoms with Crippen molar-refractivity contribution in [1.82, 2.24) is 5.32 Å². The Balaban J connectivity index is 2.34. The number of hydrogen-bond donors (Lipinski definition) is 2. The van der Waals surface area contributed by atoms with Crippen LogP contribution in [0.15, 0.2) is 12.1 Å². The minimum Gasteiger partial charge on any atom is -0.396 e. The molecule has 1 saturated heterocycles. The lowest BCUT2D eigenvalue weighted by Crippen LogP contribution is -2.12. The van der Waals surface area contributed by atoms with Gasteiger partial charge in [-0.25, -0.2) is 0 Å². The summed E-state index contributed by atoms with van der Waals surface area (Å²) in [5.74, 6) is 0. The summed E-state index contributed by atoms with van der Waals surface area (Å²) in [4.78, 5) is 0.